The highest BCUT2D eigenvalue weighted by atomic mass is 16.5. The molecule has 7 nitrogen and oxygen atoms in total. The van der Waals surface area contributed by atoms with Crippen LogP contribution < -0.4 is 10.6 Å². The van der Waals surface area contributed by atoms with Gasteiger partial charge in [0, 0.05) is 38.6 Å². The number of amides is 2. The van der Waals surface area contributed by atoms with Crippen LogP contribution in [-0.2, 0) is 14.3 Å². The van der Waals surface area contributed by atoms with Crippen LogP contribution in [0.25, 0.3) is 0 Å². The molecule has 2 saturated heterocycles. The average molecular weight is 395 g/mol. The van der Waals surface area contributed by atoms with Gasteiger partial charge in [-0.15, -0.1) is 0 Å². The average Bonchev–Trinajstić information content (AvgIpc) is 2.73. The van der Waals surface area contributed by atoms with Gasteiger partial charge in [0.25, 0.3) is 0 Å². The van der Waals surface area contributed by atoms with Crippen molar-refractivity contribution in [3.8, 4) is 0 Å². The van der Waals surface area contributed by atoms with Crippen LogP contribution in [0.15, 0.2) is 0 Å². The van der Waals surface area contributed by atoms with Crippen LogP contribution in [-0.4, -0.2) is 86.2 Å². The van der Waals surface area contributed by atoms with Crippen LogP contribution in [0.3, 0.4) is 0 Å². The zero-order valence-corrected chi connectivity index (χ0v) is 17.5. The molecule has 160 valence electrons. The number of carbonyl (C=O) groups is 2. The van der Waals surface area contributed by atoms with Crippen molar-refractivity contribution in [1.82, 2.24) is 20.4 Å². The molecular formula is C21H38N4O3. The lowest BCUT2D eigenvalue weighted by atomic mass is 9.79. The standard InChI is InChI=1S/C21H38N4O3/c1-18(26)22-15-19-5-9-24(10-6-19)16-20(27)23-17-21(7-3-2-4-8-21)25-11-13-28-14-12-25/h19H,2-17H2,1H3,(H,22,26)(H,23,27). The van der Waals surface area contributed by atoms with Gasteiger partial charge in [0.05, 0.1) is 19.8 Å². The van der Waals surface area contributed by atoms with Crippen molar-refractivity contribution in [2.24, 2.45) is 5.92 Å². The molecule has 28 heavy (non-hydrogen) atoms. The van der Waals surface area contributed by atoms with Crippen LogP contribution in [0.5, 0.6) is 0 Å². The van der Waals surface area contributed by atoms with Gasteiger partial charge in [0.2, 0.25) is 11.8 Å². The first-order valence-electron chi connectivity index (χ1n) is 11.1. The van der Waals surface area contributed by atoms with Crippen molar-refractivity contribution < 1.29 is 14.3 Å². The number of hydrogen-bond acceptors (Lipinski definition) is 5. The lowest BCUT2D eigenvalue weighted by molar-refractivity contribution is -0.123. The molecule has 7 heteroatoms. The largest absolute Gasteiger partial charge is 0.379 e. The molecule has 3 rings (SSSR count). The Morgan fingerprint density at radius 3 is 2.32 bits per heavy atom. The molecule has 0 unspecified atom stereocenters. The van der Waals surface area contributed by atoms with Gasteiger partial charge in [-0.05, 0) is 44.7 Å². The SMILES string of the molecule is CC(=O)NCC1CCN(CC(=O)NCC2(N3CCOCC3)CCCCC2)CC1. The highest BCUT2D eigenvalue weighted by Crippen LogP contribution is 2.33. The van der Waals surface area contributed by atoms with Crippen molar-refractivity contribution in [3.63, 3.8) is 0 Å². The van der Waals surface area contributed by atoms with E-state index in [1.54, 1.807) is 6.92 Å². The third-order valence-corrected chi connectivity index (χ3v) is 6.79. The molecule has 0 atom stereocenters. The minimum absolute atomic E-state index is 0.0405. The molecule has 0 aromatic heterocycles. The number of hydrogen-bond donors (Lipinski definition) is 2. The number of nitrogens with zero attached hydrogens (tertiary/aromatic N) is 2. The molecule has 3 fully saturated rings. The highest BCUT2D eigenvalue weighted by Gasteiger charge is 2.38. The predicted octanol–water partition coefficient (Wildman–Crippen LogP) is 0.986. The van der Waals surface area contributed by atoms with Crippen LogP contribution in [0.1, 0.15) is 51.9 Å². The summed E-state index contributed by atoms with van der Waals surface area (Å²) in [5.41, 5.74) is 0.128. The highest BCUT2D eigenvalue weighted by molar-refractivity contribution is 5.78. The van der Waals surface area contributed by atoms with E-state index >= 15 is 0 Å². The second kappa shape index (κ2) is 10.6. The Morgan fingerprint density at radius 1 is 1.00 bits per heavy atom. The van der Waals surface area contributed by atoms with Gasteiger partial charge in [-0.2, -0.15) is 0 Å². The lowest BCUT2D eigenvalue weighted by Crippen LogP contribution is -2.60. The Morgan fingerprint density at radius 2 is 1.68 bits per heavy atom. The summed E-state index contributed by atoms with van der Waals surface area (Å²) in [4.78, 5) is 28.5. The van der Waals surface area contributed by atoms with Gasteiger partial charge in [-0.25, -0.2) is 0 Å². The minimum atomic E-state index is 0.0405. The van der Waals surface area contributed by atoms with E-state index in [0.717, 1.165) is 65.3 Å². The van der Waals surface area contributed by atoms with Crippen LogP contribution in [0, 0.1) is 5.92 Å². The molecule has 2 N–H and O–H groups in total. The normalized spacial score (nSPS) is 24.6. The molecule has 0 aromatic carbocycles. The quantitative estimate of drug-likeness (QED) is 0.674. The molecule has 2 heterocycles. The van der Waals surface area contributed by atoms with Crippen molar-refractivity contribution in [3.05, 3.63) is 0 Å². The topological polar surface area (TPSA) is 73.9 Å². The molecule has 3 aliphatic rings. The maximum Gasteiger partial charge on any atom is 0.234 e. The van der Waals surface area contributed by atoms with Gasteiger partial charge in [-0.3, -0.25) is 19.4 Å². The van der Waals surface area contributed by atoms with Crippen molar-refractivity contribution in [2.45, 2.75) is 57.4 Å². The number of morpholine rings is 1. The lowest BCUT2D eigenvalue weighted by Gasteiger charge is -2.48. The fourth-order valence-corrected chi connectivity index (χ4v) is 5.01. The molecular weight excluding hydrogens is 356 g/mol. The molecule has 0 bridgehead atoms. The fourth-order valence-electron chi connectivity index (χ4n) is 5.01. The summed E-state index contributed by atoms with van der Waals surface area (Å²) in [5.74, 6) is 0.729. The Hall–Kier alpha value is -1.18. The Bertz CT molecular complexity index is 508. The first-order valence-corrected chi connectivity index (χ1v) is 11.1. The summed E-state index contributed by atoms with van der Waals surface area (Å²) in [6, 6.07) is 0. The number of likely N-dealkylation sites (tertiary alicyclic amines) is 1. The van der Waals surface area contributed by atoms with E-state index in [0.29, 0.717) is 12.5 Å². The van der Waals surface area contributed by atoms with Crippen molar-refractivity contribution >= 4 is 11.8 Å². The second-order valence-corrected chi connectivity index (χ2v) is 8.82. The van der Waals surface area contributed by atoms with E-state index in [4.69, 9.17) is 4.74 Å². The maximum absolute atomic E-state index is 12.6. The Balaban J connectivity index is 1.42. The van der Waals surface area contributed by atoms with Gasteiger partial charge in [-0.1, -0.05) is 19.3 Å². The van der Waals surface area contributed by atoms with Crippen LogP contribution >= 0.6 is 0 Å². The molecule has 1 aliphatic carbocycles. The fraction of sp³-hybridized carbons (Fsp3) is 0.905. The van der Waals surface area contributed by atoms with E-state index < -0.39 is 0 Å². The number of piperidine rings is 1. The van der Waals surface area contributed by atoms with Crippen LogP contribution in [0.4, 0.5) is 0 Å². The first kappa shape index (κ1) is 21.5. The number of nitrogens with one attached hydrogen (secondary N) is 2. The predicted molar refractivity (Wildman–Crippen MR) is 109 cm³/mol. The van der Waals surface area contributed by atoms with Gasteiger partial charge >= 0.3 is 0 Å². The molecule has 1 saturated carbocycles. The zero-order valence-electron chi connectivity index (χ0n) is 17.5. The zero-order chi connectivity index (χ0) is 19.8. The van der Waals surface area contributed by atoms with E-state index in [1.807, 2.05) is 0 Å². The minimum Gasteiger partial charge on any atom is -0.379 e. The number of ether oxygens (including phenoxy) is 1. The third-order valence-electron chi connectivity index (χ3n) is 6.79. The monoisotopic (exact) mass is 394 g/mol. The van der Waals surface area contributed by atoms with Gasteiger partial charge in [0.1, 0.15) is 0 Å². The molecule has 0 radical (unpaired) electrons. The Kier molecular flexibility index (Phi) is 8.11. The number of carbonyl (C=O) groups excluding carboxylic acids is 2. The van der Waals surface area contributed by atoms with Gasteiger partial charge < -0.3 is 15.4 Å². The van der Waals surface area contributed by atoms with E-state index in [1.165, 1.54) is 32.1 Å². The van der Waals surface area contributed by atoms with Crippen molar-refractivity contribution in [1.29, 1.82) is 0 Å². The summed E-state index contributed by atoms with van der Waals surface area (Å²) in [5, 5.41) is 6.18. The molecule has 2 amide bonds. The molecule has 0 spiro atoms. The van der Waals surface area contributed by atoms with Gasteiger partial charge in [0.15, 0.2) is 0 Å². The summed E-state index contributed by atoms with van der Waals surface area (Å²) in [7, 11) is 0. The van der Waals surface area contributed by atoms with E-state index in [9.17, 15) is 9.59 Å². The molecule has 0 aromatic rings. The third kappa shape index (κ3) is 6.16. The van der Waals surface area contributed by atoms with E-state index in [-0.39, 0.29) is 17.4 Å². The van der Waals surface area contributed by atoms with Crippen molar-refractivity contribution in [2.75, 3.05) is 59.0 Å². The smallest absolute Gasteiger partial charge is 0.234 e. The first-order chi connectivity index (χ1) is 13.6. The molecule has 2 aliphatic heterocycles. The summed E-state index contributed by atoms with van der Waals surface area (Å²) in [6.45, 7) is 9.05. The summed E-state index contributed by atoms with van der Waals surface area (Å²) < 4.78 is 5.54. The van der Waals surface area contributed by atoms with Crippen LogP contribution in [0.2, 0.25) is 0 Å². The van der Waals surface area contributed by atoms with E-state index in [2.05, 4.69) is 20.4 Å². The number of rotatable bonds is 7. The summed E-state index contributed by atoms with van der Waals surface area (Å²) >= 11 is 0. The second-order valence-electron chi connectivity index (χ2n) is 8.82. The Labute approximate surface area is 169 Å². The maximum atomic E-state index is 12.6. The summed E-state index contributed by atoms with van der Waals surface area (Å²) in [6.07, 6.45) is 8.29.